The van der Waals surface area contributed by atoms with Gasteiger partial charge in [0.15, 0.2) is 0 Å². The first-order chi connectivity index (χ1) is 15.0. The van der Waals surface area contributed by atoms with Crippen LogP contribution >= 0.6 is 11.8 Å². The summed E-state index contributed by atoms with van der Waals surface area (Å²) in [5.74, 6) is 0.801. The van der Waals surface area contributed by atoms with Crippen LogP contribution in [0.2, 0.25) is 0 Å². The lowest BCUT2D eigenvalue weighted by Gasteiger charge is -2.11. The lowest BCUT2D eigenvalue weighted by Crippen LogP contribution is -2.21. The average molecular weight is 435 g/mol. The molecule has 0 fully saturated rings. The molecule has 0 bridgehead atoms. The van der Waals surface area contributed by atoms with Gasteiger partial charge in [0.1, 0.15) is 23.0 Å². The molecule has 9 heteroatoms. The Kier molecular flexibility index (Phi) is 5.77. The predicted molar refractivity (Wildman–Crippen MR) is 122 cm³/mol. The summed E-state index contributed by atoms with van der Waals surface area (Å²) in [6.45, 7) is 3.87. The van der Waals surface area contributed by atoms with E-state index >= 15 is 0 Å². The van der Waals surface area contributed by atoms with Crippen LogP contribution in [0.4, 0.5) is 11.5 Å². The number of thioether (sulfide) groups is 1. The van der Waals surface area contributed by atoms with Crippen LogP contribution in [0.25, 0.3) is 22.8 Å². The number of rotatable bonds is 6. The van der Waals surface area contributed by atoms with E-state index in [-0.39, 0.29) is 18.3 Å². The Morgan fingerprint density at radius 2 is 1.84 bits per heavy atom. The molecule has 0 aliphatic heterocycles. The first kappa shape index (κ1) is 20.7. The van der Waals surface area contributed by atoms with Crippen LogP contribution in [0.5, 0.6) is 0 Å². The van der Waals surface area contributed by atoms with E-state index in [1.54, 1.807) is 0 Å². The van der Waals surface area contributed by atoms with Gasteiger partial charge in [-0.05, 0) is 31.2 Å². The highest BCUT2D eigenvalue weighted by atomic mass is 32.2. The topological polar surface area (TPSA) is 112 Å². The largest absolute Gasteiger partial charge is 0.383 e. The fourth-order valence-corrected chi connectivity index (χ4v) is 3.85. The Morgan fingerprint density at radius 3 is 2.52 bits per heavy atom. The number of hydrogen-bond acceptors (Lipinski definition) is 7. The van der Waals surface area contributed by atoms with Gasteiger partial charge in [-0.2, -0.15) is 10.1 Å². The normalized spacial score (nSPS) is 10.9. The van der Waals surface area contributed by atoms with Gasteiger partial charge < -0.3 is 15.6 Å². The Bertz CT molecular complexity index is 1210. The van der Waals surface area contributed by atoms with Crippen LogP contribution in [0.15, 0.2) is 58.1 Å². The van der Waals surface area contributed by atoms with Crippen molar-refractivity contribution in [2.45, 2.75) is 25.4 Å². The molecule has 4 rings (SSSR count). The second-order valence-corrected chi connectivity index (χ2v) is 7.83. The van der Waals surface area contributed by atoms with Gasteiger partial charge in [-0.3, -0.25) is 4.79 Å². The Hall–Kier alpha value is -3.59. The molecule has 4 aromatic rings. The minimum atomic E-state index is -0.221. The minimum absolute atomic E-state index is 0.0349. The molecule has 0 unspecified atom stereocenters. The van der Waals surface area contributed by atoms with Crippen LogP contribution in [0.1, 0.15) is 11.1 Å². The SMILES string of the molecule is CSc1nn(CC(=O)Nc2c(C)cccc2C)c(N)c1-c1nc(-c2ccccc2)no1. The van der Waals surface area contributed by atoms with Crippen LogP contribution < -0.4 is 11.1 Å². The van der Waals surface area contributed by atoms with E-state index in [2.05, 4.69) is 20.6 Å². The Balaban J connectivity index is 1.60. The second-order valence-electron chi connectivity index (χ2n) is 7.03. The molecule has 3 N–H and O–H groups in total. The highest BCUT2D eigenvalue weighted by molar-refractivity contribution is 7.98. The molecule has 2 aromatic heterocycles. The number of anilines is 2. The molecule has 2 aromatic carbocycles. The number of carbonyl (C=O) groups excluding carboxylic acids is 1. The van der Waals surface area contributed by atoms with Crippen molar-refractivity contribution in [3.63, 3.8) is 0 Å². The molecule has 1 amide bonds. The maximum Gasteiger partial charge on any atom is 0.264 e. The fraction of sp³-hybridized carbons (Fsp3) is 0.182. The van der Waals surface area contributed by atoms with E-state index in [1.165, 1.54) is 16.4 Å². The summed E-state index contributed by atoms with van der Waals surface area (Å²) in [4.78, 5) is 17.2. The van der Waals surface area contributed by atoms with Gasteiger partial charge in [-0.25, -0.2) is 4.68 Å². The quantitative estimate of drug-likeness (QED) is 0.438. The molecule has 31 heavy (non-hydrogen) atoms. The summed E-state index contributed by atoms with van der Waals surface area (Å²) in [7, 11) is 0. The van der Waals surface area contributed by atoms with Gasteiger partial charge >= 0.3 is 0 Å². The minimum Gasteiger partial charge on any atom is -0.383 e. The maximum absolute atomic E-state index is 12.7. The molecule has 0 saturated carbocycles. The Labute approximate surface area is 183 Å². The molecular weight excluding hydrogens is 412 g/mol. The number of nitrogens with two attached hydrogens (primary N) is 1. The van der Waals surface area contributed by atoms with Crippen molar-refractivity contribution >= 4 is 29.2 Å². The van der Waals surface area contributed by atoms with Crippen molar-refractivity contribution < 1.29 is 9.32 Å². The fourth-order valence-electron chi connectivity index (χ4n) is 3.27. The third-order valence-corrected chi connectivity index (χ3v) is 5.54. The highest BCUT2D eigenvalue weighted by Gasteiger charge is 2.24. The first-order valence-electron chi connectivity index (χ1n) is 9.63. The molecule has 2 heterocycles. The van der Waals surface area contributed by atoms with Gasteiger partial charge in [0.2, 0.25) is 11.7 Å². The molecule has 0 saturated heterocycles. The summed E-state index contributed by atoms with van der Waals surface area (Å²) >= 11 is 1.39. The van der Waals surface area contributed by atoms with E-state index in [0.29, 0.717) is 22.2 Å². The molecular formula is C22H22N6O2S. The molecule has 0 aliphatic carbocycles. The number of nitrogen functional groups attached to an aromatic ring is 1. The standard InChI is InChI=1S/C22H22N6O2S/c1-13-8-7-9-14(2)18(13)24-16(29)12-28-19(23)17(22(26-28)31-3)21-25-20(27-30-21)15-10-5-4-6-11-15/h4-11H,12,23H2,1-3H3,(H,24,29). The molecule has 0 aliphatic rings. The third kappa shape index (κ3) is 4.17. The number of amides is 1. The van der Waals surface area contributed by atoms with Crippen molar-refractivity contribution in [3.8, 4) is 22.8 Å². The molecule has 0 atom stereocenters. The van der Waals surface area contributed by atoms with Gasteiger partial charge in [-0.1, -0.05) is 53.7 Å². The maximum atomic E-state index is 12.7. The molecule has 8 nitrogen and oxygen atoms in total. The lowest BCUT2D eigenvalue weighted by atomic mass is 10.1. The van der Waals surface area contributed by atoms with E-state index in [0.717, 1.165) is 22.4 Å². The molecule has 0 spiro atoms. The van der Waals surface area contributed by atoms with Gasteiger partial charge in [0.05, 0.1) is 0 Å². The number of hydrogen-bond donors (Lipinski definition) is 2. The number of nitrogens with zero attached hydrogens (tertiary/aromatic N) is 4. The predicted octanol–water partition coefficient (Wildman–Crippen LogP) is 4.16. The van der Waals surface area contributed by atoms with Gasteiger partial charge in [-0.15, -0.1) is 11.8 Å². The van der Waals surface area contributed by atoms with E-state index in [4.69, 9.17) is 10.3 Å². The zero-order valence-corrected chi connectivity index (χ0v) is 18.2. The number of nitrogens with one attached hydrogen (secondary N) is 1. The zero-order chi connectivity index (χ0) is 22.0. The highest BCUT2D eigenvalue weighted by Crippen LogP contribution is 2.34. The van der Waals surface area contributed by atoms with E-state index in [1.807, 2.05) is 68.6 Å². The summed E-state index contributed by atoms with van der Waals surface area (Å²) < 4.78 is 6.92. The monoisotopic (exact) mass is 434 g/mol. The van der Waals surface area contributed by atoms with Crippen molar-refractivity contribution in [2.24, 2.45) is 0 Å². The average Bonchev–Trinajstić information content (AvgIpc) is 3.36. The smallest absolute Gasteiger partial charge is 0.264 e. The summed E-state index contributed by atoms with van der Waals surface area (Å²) in [5, 5.41) is 12.1. The second kappa shape index (κ2) is 8.65. The number of carbonyl (C=O) groups is 1. The van der Waals surface area contributed by atoms with Crippen molar-refractivity contribution in [1.29, 1.82) is 0 Å². The van der Waals surface area contributed by atoms with Crippen molar-refractivity contribution in [3.05, 3.63) is 59.7 Å². The van der Waals surface area contributed by atoms with E-state index in [9.17, 15) is 4.79 Å². The van der Waals surface area contributed by atoms with Crippen LogP contribution in [0, 0.1) is 13.8 Å². The van der Waals surface area contributed by atoms with Crippen molar-refractivity contribution in [1.82, 2.24) is 19.9 Å². The molecule has 0 radical (unpaired) electrons. The Morgan fingerprint density at radius 1 is 1.13 bits per heavy atom. The number of para-hydroxylation sites is 1. The lowest BCUT2D eigenvalue weighted by molar-refractivity contribution is -0.116. The number of aryl methyl sites for hydroxylation is 2. The molecule has 158 valence electrons. The third-order valence-electron chi connectivity index (χ3n) is 4.86. The summed E-state index contributed by atoms with van der Waals surface area (Å²) in [6, 6.07) is 15.4. The van der Waals surface area contributed by atoms with Gasteiger partial charge in [0, 0.05) is 11.3 Å². The van der Waals surface area contributed by atoms with E-state index < -0.39 is 0 Å². The van der Waals surface area contributed by atoms with Crippen LogP contribution in [-0.2, 0) is 11.3 Å². The van der Waals surface area contributed by atoms with Crippen LogP contribution in [-0.4, -0.2) is 32.1 Å². The number of aromatic nitrogens is 4. The van der Waals surface area contributed by atoms with Crippen LogP contribution in [0.3, 0.4) is 0 Å². The first-order valence-corrected chi connectivity index (χ1v) is 10.9. The van der Waals surface area contributed by atoms with Crippen molar-refractivity contribution in [2.75, 3.05) is 17.3 Å². The summed E-state index contributed by atoms with van der Waals surface area (Å²) in [6.07, 6.45) is 1.88. The van der Waals surface area contributed by atoms with Gasteiger partial charge in [0.25, 0.3) is 5.89 Å². The number of benzene rings is 2. The summed E-state index contributed by atoms with van der Waals surface area (Å²) in [5.41, 5.74) is 10.5. The zero-order valence-electron chi connectivity index (χ0n) is 17.4.